The van der Waals surface area contributed by atoms with Crippen LogP contribution in [0.3, 0.4) is 0 Å². The molecule has 2 unspecified atom stereocenters. The Morgan fingerprint density at radius 1 is 1.45 bits per heavy atom. The fourth-order valence-corrected chi connectivity index (χ4v) is 1.21. The summed E-state index contributed by atoms with van der Waals surface area (Å²) in [5.74, 6) is 0. The van der Waals surface area contributed by atoms with E-state index in [1.54, 1.807) is 0 Å². The molecule has 1 rings (SSSR count). The van der Waals surface area contributed by atoms with Crippen molar-refractivity contribution in [3.63, 3.8) is 0 Å². The molecule has 2 N–H and O–H groups in total. The normalized spacial score (nSPS) is 26.2. The van der Waals surface area contributed by atoms with Crippen molar-refractivity contribution >= 4 is 0 Å². The minimum Gasteiger partial charge on any atom is -0.396 e. The Balaban J connectivity index is 1.96. The summed E-state index contributed by atoms with van der Waals surface area (Å²) in [4.78, 5) is 0. The fraction of sp³-hybridized carbons (Fsp3) is 1.00. The zero-order valence-electron chi connectivity index (χ0n) is 6.70. The monoisotopic (exact) mass is 160 g/mol. The summed E-state index contributed by atoms with van der Waals surface area (Å²) in [5.41, 5.74) is 0. The third-order valence-corrected chi connectivity index (χ3v) is 2.07. The van der Waals surface area contributed by atoms with Gasteiger partial charge in [-0.15, -0.1) is 0 Å². The smallest absolute Gasteiger partial charge is 0.0855 e. The molecule has 0 spiro atoms. The van der Waals surface area contributed by atoms with Crippen LogP contribution in [0.2, 0.25) is 0 Å². The van der Waals surface area contributed by atoms with Crippen molar-refractivity contribution in [3.05, 3.63) is 0 Å². The van der Waals surface area contributed by atoms with E-state index in [0.717, 1.165) is 32.3 Å². The molecule has 1 saturated heterocycles. The molecule has 3 heteroatoms. The van der Waals surface area contributed by atoms with Gasteiger partial charge in [-0.25, -0.2) is 0 Å². The van der Waals surface area contributed by atoms with Crippen LogP contribution in [-0.4, -0.2) is 35.6 Å². The van der Waals surface area contributed by atoms with E-state index in [4.69, 9.17) is 9.84 Å². The van der Waals surface area contributed by atoms with E-state index in [0.29, 0.717) is 0 Å². The van der Waals surface area contributed by atoms with E-state index in [-0.39, 0.29) is 18.8 Å². The Kier molecular flexibility index (Phi) is 3.83. The highest BCUT2D eigenvalue weighted by atomic mass is 16.5. The van der Waals surface area contributed by atoms with Crippen molar-refractivity contribution in [2.45, 2.75) is 37.9 Å². The Hall–Kier alpha value is -0.120. The Labute approximate surface area is 67.0 Å². The second-order valence-electron chi connectivity index (χ2n) is 2.98. The maximum absolute atomic E-state index is 9.39. The van der Waals surface area contributed by atoms with Gasteiger partial charge < -0.3 is 14.9 Å². The van der Waals surface area contributed by atoms with Crippen LogP contribution in [0.4, 0.5) is 0 Å². The topological polar surface area (TPSA) is 49.7 Å². The summed E-state index contributed by atoms with van der Waals surface area (Å²) in [6, 6.07) is 0. The summed E-state index contributed by atoms with van der Waals surface area (Å²) in [5, 5.41) is 17.9. The van der Waals surface area contributed by atoms with Gasteiger partial charge in [-0.1, -0.05) is 0 Å². The molecule has 3 nitrogen and oxygen atoms in total. The number of hydrogen-bond acceptors (Lipinski definition) is 3. The molecular formula is C8H16O3. The molecule has 0 aromatic heterocycles. The van der Waals surface area contributed by atoms with Crippen LogP contribution in [-0.2, 0) is 4.74 Å². The summed E-state index contributed by atoms with van der Waals surface area (Å²) in [6.45, 7) is 1.01. The summed E-state index contributed by atoms with van der Waals surface area (Å²) < 4.78 is 5.11. The third kappa shape index (κ3) is 2.77. The molecular weight excluding hydrogens is 144 g/mol. The highest BCUT2D eigenvalue weighted by Gasteiger charge is 2.25. The minimum atomic E-state index is -0.310. The lowest BCUT2D eigenvalue weighted by atomic mass is 10.0. The van der Waals surface area contributed by atoms with Crippen LogP contribution in [0.1, 0.15) is 25.7 Å². The van der Waals surface area contributed by atoms with Crippen LogP contribution in [0.15, 0.2) is 0 Å². The zero-order valence-corrected chi connectivity index (χ0v) is 6.70. The quantitative estimate of drug-likeness (QED) is 0.569. The van der Waals surface area contributed by atoms with Crippen molar-refractivity contribution in [2.75, 3.05) is 13.2 Å². The molecule has 0 saturated carbocycles. The van der Waals surface area contributed by atoms with Crippen LogP contribution in [0, 0.1) is 0 Å². The standard InChI is InChI=1S/C8H16O3/c9-5-2-1-3-7(10)8-4-6-11-8/h7-10H,1-6H2. The van der Waals surface area contributed by atoms with Gasteiger partial charge in [0.2, 0.25) is 0 Å². The third-order valence-electron chi connectivity index (χ3n) is 2.07. The van der Waals surface area contributed by atoms with Crippen molar-refractivity contribution in [3.8, 4) is 0 Å². The first-order chi connectivity index (χ1) is 5.34. The fourth-order valence-electron chi connectivity index (χ4n) is 1.21. The van der Waals surface area contributed by atoms with Gasteiger partial charge in [0.1, 0.15) is 0 Å². The van der Waals surface area contributed by atoms with Gasteiger partial charge in [0.05, 0.1) is 12.2 Å². The molecule has 1 fully saturated rings. The van der Waals surface area contributed by atoms with E-state index in [2.05, 4.69) is 0 Å². The van der Waals surface area contributed by atoms with Crippen LogP contribution in [0.5, 0.6) is 0 Å². The molecule has 2 atom stereocenters. The van der Waals surface area contributed by atoms with Gasteiger partial charge in [0.15, 0.2) is 0 Å². The maximum atomic E-state index is 9.39. The van der Waals surface area contributed by atoms with Gasteiger partial charge in [0, 0.05) is 13.2 Å². The lowest BCUT2D eigenvalue weighted by Crippen LogP contribution is -2.38. The van der Waals surface area contributed by atoms with E-state index < -0.39 is 0 Å². The number of aliphatic hydroxyl groups excluding tert-OH is 2. The van der Waals surface area contributed by atoms with Crippen LogP contribution >= 0.6 is 0 Å². The molecule has 11 heavy (non-hydrogen) atoms. The molecule has 1 aliphatic rings. The summed E-state index contributed by atoms with van der Waals surface area (Å²) in [7, 11) is 0. The lowest BCUT2D eigenvalue weighted by molar-refractivity contribution is -0.118. The van der Waals surface area contributed by atoms with Crippen molar-refractivity contribution < 1.29 is 14.9 Å². The number of ether oxygens (including phenoxy) is 1. The van der Waals surface area contributed by atoms with E-state index in [9.17, 15) is 5.11 Å². The van der Waals surface area contributed by atoms with E-state index in [1.165, 1.54) is 0 Å². The average Bonchev–Trinajstić information content (AvgIpc) is 1.84. The molecule has 0 aromatic rings. The number of rotatable bonds is 5. The first-order valence-electron chi connectivity index (χ1n) is 4.25. The summed E-state index contributed by atoms with van der Waals surface area (Å²) in [6.07, 6.45) is 3.18. The molecule has 0 aromatic carbocycles. The van der Waals surface area contributed by atoms with Gasteiger partial charge in [-0.2, -0.15) is 0 Å². The molecule has 0 aliphatic carbocycles. The number of aliphatic hydroxyl groups is 2. The number of unbranched alkanes of at least 4 members (excludes halogenated alkanes) is 1. The summed E-state index contributed by atoms with van der Waals surface area (Å²) >= 11 is 0. The zero-order chi connectivity index (χ0) is 8.10. The number of hydrogen-bond donors (Lipinski definition) is 2. The van der Waals surface area contributed by atoms with E-state index >= 15 is 0 Å². The molecule has 0 amide bonds. The Morgan fingerprint density at radius 2 is 2.18 bits per heavy atom. The predicted molar refractivity (Wildman–Crippen MR) is 41.3 cm³/mol. The average molecular weight is 160 g/mol. The highest BCUT2D eigenvalue weighted by Crippen LogP contribution is 2.18. The largest absolute Gasteiger partial charge is 0.396 e. The Bertz CT molecular complexity index is 102. The van der Waals surface area contributed by atoms with Gasteiger partial charge in [-0.05, 0) is 25.7 Å². The highest BCUT2D eigenvalue weighted by molar-refractivity contribution is 4.74. The lowest BCUT2D eigenvalue weighted by Gasteiger charge is -2.30. The van der Waals surface area contributed by atoms with Crippen LogP contribution < -0.4 is 0 Å². The first kappa shape index (κ1) is 8.97. The van der Waals surface area contributed by atoms with Crippen LogP contribution in [0.25, 0.3) is 0 Å². The SMILES string of the molecule is OCCCCC(O)C1CCO1. The van der Waals surface area contributed by atoms with Crippen molar-refractivity contribution in [2.24, 2.45) is 0 Å². The molecule has 66 valence electrons. The second kappa shape index (κ2) is 4.70. The second-order valence-corrected chi connectivity index (χ2v) is 2.98. The van der Waals surface area contributed by atoms with Gasteiger partial charge in [-0.3, -0.25) is 0 Å². The molecule has 0 bridgehead atoms. The molecule has 0 radical (unpaired) electrons. The van der Waals surface area contributed by atoms with E-state index in [1.807, 2.05) is 0 Å². The minimum absolute atomic E-state index is 0.0775. The van der Waals surface area contributed by atoms with Gasteiger partial charge in [0.25, 0.3) is 0 Å². The van der Waals surface area contributed by atoms with Crippen molar-refractivity contribution in [1.82, 2.24) is 0 Å². The van der Waals surface area contributed by atoms with Gasteiger partial charge >= 0.3 is 0 Å². The Morgan fingerprint density at radius 3 is 2.64 bits per heavy atom. The molecule has 1 heterocycles. The molecule has 1 aliphatic heterocycles. The maximum Gasteiger partial charge on any atom is 0.0855 e. The predicted octanol–water partition coefficient (Wildman–Crippen LogP) is 0.299. The van der Waals surface area contributed by atoms with Crippen molar-refractivity contribution in [1.29, 1.82) is 0 Å². The first-order valence-corrected chi connectivity index (χ1v) is 4.25.